The van der Waals surface area contributed by atoms with Crippen LogP contribution in [-0.4, -0.2) is 61.8 Å². The highest BCUT2D eigenvalue weighted by atomic mass is 32.1. The minimum Gasteiger partial charge on any atom is -0.352 e. The summed E-state index contributed by atoms with van der Waals surface area (Å²) in [5.41, 5.74) is 2.04. The minimum absolute atomic E-state index is 0.353. The number of carbonyl (C=O) groups excluding carboxylic acids is 1. The lowest BCUT2D eigenvalue weighted by molar-refractivity contribution is 0.0973. The van der Waals surface area contributed by atoms with Crippen LogP contribution in [-0.2, 0) is 0 Å². The number of aromatic nitrogens is 4. The fourth-order valence-electron chi connectivity index (χ4n) is 3.81. The standard InChI is InChI=1S/C23H20FN7OS/c24-17-8-6-16(7-9-17)22(32)28-23(33)30-12-10-29(11-13-30)20-19-14-27-31(21(19)26-15-25-20)18-4-2-1-3-5-18/h1-9,14-15H,10-13H2,(H,28,32,33). The van der Waals surface area contributed by atoms with Crippen LogP contribution >= 0.6 is 12.2 Å². The molecule has 166 valence electrons. The number of amides is 1. The lowest BCUT2D eigenvalue weighted by atomic mass is 10.2. The smallest absolute Gasteiger partial charge is 0.257 e. The van der Waals surface area contributed by atoms with Gasteiger partial charge in [0.25, 0.3) is 5.91 Å². The van der Waals surface area contributed by atoms with Gasteiger partial charge >= 0.3 is 0 Å². The first kappa shape index (κ1) is 21.0. The predicted octanol–water partition coefficient (Wildman–Crippen LogP) is 2.79. The molecule has 0 saturated carbocycles. The number of benzene rings is 2. The zero-order valence-electron chi connectivity index (χ0n) is 17.6. The summed E-state index contributed by atoms with van der Waals surface area (Å²) in [6, 6.07) is 15.2. The second-order valence-corrected chi connectivity index (χ2v) is 7.95. The van der Waals surface area contributed by atoms with Crippen molar-refractivity contribution in [2.24, 2.45) is 0 Å². The molecule has 0 aliphatic carbocycles. The highest BCUT2D eigenvalue weighted by Gasteiger charge is 2.23. The maximum atomic E-state index is 13.1. The second kappa shape index (κ2) is 8.91. The second-order valence-electron chi connectivity index (χ2n) is 7.57. The molecular weight excluding hydrogens is 441 g/mol. The van der Waals surface area contributed by atoms with Crippen molar-refractivity contribution >= 4 is 40.1 Å². The molecule has 4 aromatic rings. The van der Waals surface area contributed by atoms with Crippen LogP contribution in [0.15, 0.2) is 67.1 Å². The number of halogens is 1. The molecule has 0 bridgehead atoms. The van der Waals surface area contributed by atoms with Gasteiger partial charge in [-0.05, 0) is 48.6 Å². The first-order chi connectivity index (χ1) is 16.1. The topological polar surface area (TPSA) is 79.2 Å². The maximum absolute atomic E-state index is 13.1. The fraction of sp³-hybridized carbons (Fsp3) is 0.174. The van der Waals surface area contributed by atoms with Crippen LogP contribution in [0.2, 0.25) is 0 Å². The van der Waals surface area contributed by atoms with E-state index in [-0.39, 0.29) is 5.91 Å². The number of carbonyl (C=O) groups is 1. The SMILES string of the molecule is O=C(NC(=S)N1CCN(c2ncnc3c2cnn3-c2ccccc2)CC1)c1ccc(F)cc1. The number of para-hydroxylation sites is 1. The first-order valence-electron chi connectivity index (χ1n) is 10.4. The molecule has 1 N–H and O–H groups in total. The van der Waals surface area contributed by atoms with Gasteiger partial charge < -0.3 is 9.80 Å². The molecule has 1 fully saturated rings. The van der Waals surface area contributed by atoms with E-state index in [9.17, 15) is 9.18 Å². The molecular formula is C23H20FN7OS. The van der Waals surface area contributed by atoms with E-state index >= 15 is 0 Å². The van der Waals surface area contributed by atoms with E-state index in [4.69, 9.17) is 12.2 Å². The molecule has 2 aromatic heterocycles. The average molecular weight is 462 g/mol. The van der Waals surface area contributed by atoms with E-state index in [0.717, 1.165) is 22.5 Å². The van der Waals surface area contributed by atoms with E-state index in [1.165, 1.54) is 24.3 Å². The monoisotopic (exact) mass is 461 g/mol. The summed E-state index contributed by atoms with van der Waals surface area (Å²) in [6.45, 7) is 2.60. The van der Waals surface area contributed by atoms with Gasteiger partial charge in [-0.15, -0.1) is 0 Å². The Labute approximate surface area is 194 Å². The summed E-state index contributed by atoms with van der Waals surface area (Å²) in [5, 5.41) is 8.48. The van der Waals surface area contributed by atoms with Crippen molar-refractivity contribution in [1.29, 1.82) is 0 Å². The Morgan fingerprint density at radius 3 is 2.42 bits per heavy atom. The third kappa shape index (κ3) is 4.24. The van der Waals surface area contributed by atoms with Crippen LogP contribution in [0.25, 0.3) is 16.7 Å². The summed E-state index contributed by atoms with van der Waals surface area (Å²) in [6.07, 6.45) is 3.34. The molecule has 1 saturated heterocycles. The zero-order chi connectivity index (χ0) is 22.8. The zero-order valence-corrected chi connectivity index (χ0v) is 18.4. The van der Waals surface area contributed by atoms with Gasteiger partial charge in [0, 0.05) is 31.7 Å². The van der Waals surface area contributed by atoms with Crippen molar-refractivity contribution < 1.29 is 9.18 Å². The molecule has 1 amide bonds. The Morgan fingerprint density at radius 2 is 1.70 bits per heavy atom. The van der Waals surface area contributed by atoms with Crippen LogP contribution < -0.4 is 10.2 Å². The maximum Gasteiger partial charge on any atom is 0.257 e. The van der Waals surface area contributed by atoms with E-state index in [0.29, 0.717) is 36.9 Å². The van der Waals surface area contributed by atoms with E-state index < -0.39 is 5.82 Å². The van der Waals surface area contributed by atoms with Crippen LogP contribution in [0.5, 0.6) is 0 Å². The molecule has 5 rings (SSSR count). The highest BCUT2D eigenvalue weighted by Crippen LogP contribution is 2.25. The number of piperazine rings is 1. The molecule has 1 aliphatic rings. The van der Waals surface area contributed by atoms with Crippen molar-refractivity contribution in [3.8, 4) is 5.69 Å². The number of nitrogens with zero attached hydrogens (tertiary/aromatic N) is 6. The largest absolute Gasteiger partial charge is 0.352 e. The minimum atomic E-state index is -0.390. The Morgan fingerprint density at radius 1 is 0.970 bits per heavy atom. The lowest BCUT2D eigenvalue weighted by Gasteiger charge is -2.36. The molecule has 10 heteroatoms. The van der Waals surface area contributed by atoms with E-state index in [1.54, 1.807) is 17.2 Å². The Hall–Kier alpha value is -3.92. The van der Waals surface area contributed by atoms with Crippen molar-refractivity contribution in [1.82, 2.24) is 30.0 Å². The van der Waals surface area contributed by atoms with E-state index in [1.807, 2.05) is 35.2 Å². The highest BCUT2D eigenvalue weighted by molar-refractivity contribution is 7.80. The summed E-state index contributed by atoms with van der Waals surface area (Å²) in [7, 11) is 0. The molecule has 0 unspecified atom stereocenters. The Kier molecular flexibility index (Phi) is 5.66. The van der Waals surface area contributed by atoms with Gasteiger partial charge in [0.1, 0.15) is 18.0 Å². The van der Waals surface area contributed by atoms with Gasteiger partial charge in [-0.3, -0.25) is 10.1 Å². The fourth-order valence-corrected chi connectivity index (χ4v) is 4.09. The van der Waals surface area contributed by atoms with Gasteiger partial charge in [0.15, 0.2) is 10.8 Å². The summed E-state index contributed by atoms with van der Waals surface area (Å²) < 4.78 is 14.9. The molecule has 0 spiro atoms. The first-order valence-corrected chi connectivity index (χ1v) is 10.9. The van der Waals surface area contributed by atoms with Crippen LogP contribution in [0, 0.1) is 5.82 Å². The summed E-state index contributed by atoms with van der Waals surface area (Å²) >= 11 is 5.43. The van der Waals surface area contributed by atoms with Gasteiger partial charge in [-0.25, -0.2) is 19.0 Å². The molecule has 3 heterocycles. The van der Waals surface area contributed by atoms with Crippen molar-refractivity contribution in [2.45, 2.75) is 0 Å². The summed E-state index contributed by atoms with van der Waals surface area (Å²) in [5.74, 6) is 0.0785. The molecule has 33 heavy (non-hydrogen) atoms. The molecule has 0 atom stereocenters. The third-order valence-corrected chi connectivity index (χ3v) is 5.90. The third-order valence-electron chi connectivity index (χ3n) is 5.54. The normalized spacial score (nSPS) is 13.8. The van der Waals surface area contributed by atoms with Crippen molar-refractivity contribution in [3.63, 3.8) is 0 Å². The van der Waals surface area contributed by atoms with Crippen molar-refractivity contribution in [2.75, 3.05) is 31.1 Å². The predicted molar refractivity (Wildman–Crippen MR) is 127 cm³/mol. The average Bonchev–Trinajstić information content (AvgIpc) is 3.29. The lowest BCUT2D eigenvalue weighted by Crippen LogP contribution is -2.52. The molecule has 1 aliphatic heterocycles. The molecule has 2 aromatic carbocycles. The van der Waals surface area contributed by atoms with Gasteiger partial charge in [0.05, 0.1) is 17.3 Å². The van der Waals surface area contributed by atoms with Crippen LogP contribution in [0.3, 0.4) is 0 Å². The number of fused-ring (bicyclic) bond motifs is 1. The number of rotatable bonds is 3. The van der Waals surface area contributed by atoms with Crippen molar-refractivity contribution in [3.05, 3.63) is 78.5 Å². The van der Waals surface area contributed by atoms with Gasteiger partial charge in [0.2, 0.25) is 0 Å². The number of anilines is 1. The Balaban J connectivity index is 1.26. The Bertz CT molecular complexity index is 1300. The number of nitrogens with one attached hydrogen (secondary N) is 1. The molecule has 0 radical (unpaired) electrons. The summed E-state index contributed by atoms with van der Waals surface area (Å²) in [4.78, 5) is 25.4. The quantitative estimate of drug-likeness (QED) is 0.470. The van der Waals surface area contributed by atoms with Gasteiger partial charge in [-0.2, -0.15) is 5.10 Å². The number of hydrogen-bond donors (Lipinski definition) is 1. The van der Waals surface area contributed by atoms with Gasteiger partial charge in [-0.1, -0.05) is 18.2 Å². The number of hydrogen-bond acceptors (Lipinski definition) is 6. The van der Waals surface area contributed by atoms with E-state index in [2.05, 4.69) is 25.3 Å². The number of thiocarbonyl (C=S) groups is 1. The van der Waals surface area contributed by atoms with Crippen LogP contribution in [0.1, 0.15) is 10.4 Å². The molecule has 8 nitrogen and oxygen atoms in total. The van der Waals surface area contributed by atoms with Crippen LogP contribution in [0.4, 0.5) is 10.2 Å².